The van der Waals surface area contributed by atoms with Crippen molar-refractivity contribution in [2.45, 2.75) is 32.2 Å². The standard InChI is InChI=1S/C11H14F3N5O/c1-7(11(12,13)14)20-4-2-3-19-6-18-8-9(15)16-5-17-10(8)19/h5-7H,2-4H2,1H3,(H2,15,16,17). The number of halogens is 3. The molecule has 0 bridgehead atoms. The summed E-state index contributed by atoms with van der Waals surface area (Å²) in [5, 5.41) is 0. The predicted molar refractivity (Wildman–Crippen MR) is 65.8 cm³/mol. The molecule has 2 N–H and O–H groups in total. The van der Waals surface area contributed by atoms with E-state index in [0.29, 0.717) is 24.1 Å². The second kappa shape index (κ2) is 5.61. The van der Waals surface area contributed by atoms with E-state index < -0.39 is 12.3 Å². The van der Waals surface area contributed by atoms with E-state index in [1.54, 1.807) is 4.57 Å². The van der Waals surface area contributed by atoms with Gasteiger partial charge in [0.25, 0.3) is 0 Å². The number of alkyl halides is 3. The molecule has 2 heterocycles. The van der Waals surface area contributed by atoms with Gasteiger partial charge in [0.15, 0.2) is 17.6 Å². The largest absolute Gasteiger partial charge is 0.414 e. The van der Waals surface area contributed by atoms with Crippen LogP contribution in [0.25, 0.3) is 11.2 Å². The number of hydrogen-bond acceptors (Lipinski definition) is 5. The van der Waals surface area contributed by atoms with Crippen LogP contribution in [-0.2, 0) is 11.3 Å². The van der Waals surface area contributed by atoms with Crippen LogP contribution in [0.3, 0.4) is 0 Å². The lowest BCUT2D eigenvalue weighted by atomic mass is 10.4. The Hall–Kier alpha value is -1.90. The number of fused-ring (bicyclic) bond motifs is 1. The van der Waals surface area contributed by atoms with Gasteiger partial charge in [-0.3, -0.25) is 0 Å². The summed E-state index contributed by atoms with van der Waals surface area (Å²) in [6.07, 6.45) is -2.83. The summed E-state index contributed by atoms with van der Waals surface area (Å²) in [6.45, 7) is 1.43. The second-order valence-electron chi connectivity index (χ2n) is 4.28. The van der Waals surface area contributed by atoms with Gasteiger partial charge in [0.2, 0.25) is 0 Å². The van der Waals surface area contributed by atoms with Gasteiger partial charge in [-0.2, -0.15) is 13.2 Å². The van der Waals surface area contributed by atoms with E-state index in [0.717, 1.165) is 6.92 Å². The average molecular weight is 289 g/mol. The summed E-state index contributed by atoms with van der Waals surface area (Å²) in [4.78, 5) is 11.9. The van der Waals surface area contributed by atoms with Gasteiger partial charge in [-0.1, -0.05) is 0 Å². The van der Waals surface area contributed by atoms with E-state index in [9.17, 15) is 13.2 Å². The zero-order chi connectivity index (χ0) is 14.8. The van der Waals surface area contributed by atoms with Crippen LogP contribution < -0.4 is 5.73 Å². The van der Waals surface area contributed by atoms with Crippen molar-refractivity contribution < 1.29 is 17.9 Å². The third kappa shape index (κ3) is 3.16. The predicted octanol–water partition coefficient (Wildman–Crippen LogP) is 1.77. The Morgan fingerprint density at radius 2 is 2.10 bits per heavy atom. The normalized spacial score (nSPS) is 13.8. The molecule has 2 rings (SSSR count). The van der Waals surface area contributed by atoms with Gasteiger partial charge in [0.05, 0.1) is 6.33 Å². The molecule has 0 aliphatic rings. The molecular formula is C11H14F3N5O. The molecule has 0 aliphatic heterocycles. The zero-order valence-electron chi connectivity index (χ0n) is 10.8. The van der Waals surface area contributed by atoms with Crippen molar-refractivity contribution in [3.63, 3.8) is 0 Å². The molecule has 0 fully saturated rings. The fourth-order valence-electron chi connectivity index (χ4n) is 1.65. The van der Waals surface area contributed by atoms with Crippen LogP contribution in [0, 0.1) is 0 Å². The van der Waals surface area contributed by atoms with Crippen molar-refractivity contribution in [1.29, 1.82) is 0 Å². The molecular weight excluding hydrogens is 275 g/mol. The van der Waals surface area contributed by atoms with E-state index in [1.165, 1.54) is 12.7 Å². The molecule has 1 atom stereocenters. The smallest absolute Gasteiger partial charge is 0.382 e. The highest BCUT2D eigenvalue weighted by Gasteiger charge is 2.36. The average Bonchev–Trinajstić information content (AvgIpc) is 2.78. The highest BCUT2D eigenvalue weighted by atomic mass is 19.4. The molecule has 1 unspecified atom stereocenters. The summed E-state index contributed by atoms with van der Waals surface area (Å²) in [5.41, 5.74) is 6.68. The third-order valence-corrected chi connectivity index (χ3v) is 2.80. The van der Waals surface area contributed by atoms with E-state index in [-0.39, 0.29) is 12.4 Å². The number of anilines is 1. The SMILES string of the molecule is CC(OCCCn1cnc2c(N)ncnc21)C(F)(F)F. The first kappa shape index (κ1) is 14.5. The number of nitrogens with zero attached hydrogens (tertiary/aromatic N) is 4. The molecule has 0 saturated heterocycles. The first-order chi connectivity index (χ1) is 9.39. The summed E-state index contributed by atoms with van der Waals surface area (Å²) in [6, 6.07) is 0. The van der Waals surface area contributed by atoms with Gasteiger partial charge in [-0.15, -0.1) is 0 Å². The minimum absolute atomic E-state index is 0.000908. The summed E-state index contributed by atoms with van der Waals surface area (Å²) >= 11 is 0. The summed E-state index contributed by atoms with van der Waals surface area (Å²) in [5.74, 6) is 0.274. The lowest BCUT2D eigenvalue weighted by Crippen LogP contribution is -2.29. The van der Waals surface area contributed by atoms with E-state index in [2.05, 4.69) is 15.0 Å². The molecule has 0 spiro atoms. The fraction of sp³-hybridized carbons (Fsp3) is 0.545. The number of ether oxygens (including phenoxy) is 1. The monoisotopic (exact) mass is 289 g/mol. The lowest BCUT2D eigenvalue weighted by molar-refractivity contribution is -0.214. The van der Waals surface area contributed by atoms with Crippen LogP contribution >= 0.6 is 0 Å². The first-order valence-corrected chi connectivity index (χ1v) is 5.99. The Labute approximate surface area is 112 Å². The van der Waals surface area contributed by atoms with Gasteiger partial charge in [0, 0.05) is 13.2 Å². The van der Waals surface area contributed by atoms with Crippen LogP contribution in [0.2, 0.25) is 0 Å². The number of nitrogen functional groups attached to an aromatic ring is 1. The number of imidazole rings is 1. The Balaban J connectivity index is 1.89. The number of aryl methyl sites for hydroxylation is 1. The number of hydrogen-bond donors (Lipinski definition) is 1. The maximum Gasteiger partial charge on any atom is 0.414 e. The second-order valence-corrected chi connectivity index (χ2v) is 4.28. The van der Waals surface area contributed by atoms with Gasteiger partial charge in [0.1, 0.15) is 11.8 Å². The molecule has 2 aromatic heterocycles. The van der Waals surface area contributed by atoms with Gasteiger partial charge in [-0.25, -0.2) is 15.0 Å². The van der Waals surface area contributed by atoms with Crippen molar-refractivity contribution in [2.75, 3.05) is 12.3 Å². The molecule has 0 saturated carbocycles. The molecule has 0 amide bonds. The van der Waals surface area contributed by atoms with Crippen LogP contribution in [-0.4, -0.2) is 38.4 Å². The highest BCUT2D eigenvalue weighted by molar-refractivity contribution is 5.80. The quantitative estimate of drug-likeness (QED) is 0.849. The van der Waals surface area contributed by atoms with E-state index in [4.69, 9.17) is 10.5 Å². The summed E-state index contributed by atoms with van der Waals surface area (Å²) in [7, 11) is 0. The van der Waals surface area contributed by atoms with Crippen LogP contribution in [0.5, 0.6) is 0 Å². The Morgan fingerprint density at radius 3 is 2.80 bits per heavy atom. The molecule has 110 valence electrons. The maximum atomic E-state index is 12.2. The Kier molecular flexibility index (Phi) is 4.07. The van der Waals surface area contributed by atoms with Crippen molar-refractivity contribution in [1.82, 2.24) is 19.5 Å². The van der Waals surface area contributed by atoms with Crippen LogP contribution in [0.1, 0.15) is 13.3 Å². The number of rotatable bonds is 5. The van der Waals surface area contributed by atoms with Crippen molar-refractivity contribution in [3.8, 4) is 0 Å². The minimum atomic E-state index is -4.33. The maximum absolute atomic E-state index is 12.2. The molecule has 9 heteroatoms. The first-order valence-electron chi connectivity index (χ1n) is 5.99. The molecule has 0 aliphatic carbocycles. The van der Waals surface area contributed by atoms with Gasteiger partial charge >= 0.3 is 6.18 Å². The lowest BCUT2D eigenvalue weighted by Gasteiger charge is -2.16. The van der Waals surface area contributed by atoms with E-state index in [1.807, 2.05) is 0 Å². The Bertz CT molecular complexity index is 583. The van der Waals surface area contributed by atoms with Gasteiger partial charge in [-0.05, 0) is 13.3 Å². The number of nitrogens with two attached hydrogens (primary N) is 1. The molecule has 2 aromatic rings. The van der Waals surface area contributed by atoms with Gasteiger partial charge < -0.3 is 15.0 Å². The minimum Gasteiger partial charge on any atom is -0.382 e. The Morgan fingerprint density at radius 1 is 1.35 bits per heavy atom. The van der Waals surface area contributed by atoms with E-state index >= 15 is 0 Å². The zero-order valence-corrected chi connectivity index (χ0v) is 10.8. The number of aromatic nitrogens is 4. The highest BCUT2D eigenvalue weighted by Crippen LogP contribution is 2.22. The molecule has 6 nitrogen and oxygen atoms in total. The van der Waals surface area contributed by atoms with Crippen molar-refractivity contribution in [3.05, 3.63) is 12.7 Å². The van der Waals surface area contributed by atoms with Crippen LogP contribution in [0.15, 0.2) is 12.7 Å². The molecule has 20 heavy (non-hydrogen) atoms. The molecule has 0 aromatic carbocycles. The van der Waals surface area contributed by atoms with Crippen LogP contribution in [0.4, 0.5) is 19.0 Å². The summed E-state index contributed by atoms with van der Waals surface area (Å²) < 4.78 is 43.1. The molecule has 0 radical (unpaired) electrons. The van der Waals surface area contributed by atoms with Crippen molar-refractivity contribution in [2.24, 2.45) is 0 Å². The van der Waals surface area contributed by atoms with Crippen molar-refractivity contribution >= 4 is 17.0 Å². The third-order valence-electron chi connectivity index (χ3n) is 2.80. The fourth-order valence-corrected chi connectivity index (χ4v) is 1.65. The topological polar surface area (TPSA) is 78.9 Å².